The maximum absolute atomic E-state index is 13.2. The molecule has 2 aromatic rings. The number of aromatic amines is 2. The fraction of sp³-hybridized carbons (Fsp3) is 0.700. The molecule has 0 amide bonds. The zero-order valence-electron chi connectivity index (χ0n) is 17.8. The number of H-pyrrole nitrogens is 2. The Morgan fingerprint density at radius 3 is 1.25 bits per heavy atom. The molecule has 156 valence electrons. The van der Waals surface area contributed by atoms with E-state index >= 15 is 0 Å². The summed E-state index contributed by atoms with van der Waals surface area (Å²) < 4.78 is 2.64. The Bertz CT molecular complexity index is 919. The molecule has 2 heterocycles. The first kappa shape index (κ1) is 20.7. The molecule has 0 aromatic carbocycles. The molecule has 0 unspecified atom stereocenters. The number of hydrogen-bond acceptors (Lipinski definition) is 4. The zero-order chi connectivity index (χ0) is 21.3. The van der Waals surface area contributed by atoms with Crippen molar-refractivity contribution in [1.82, 2.24) is 19.6 Å². The summed E-state index contributed by atoms with van der Waals surface area (Å²) in [6.45, 7) is 11.6. The summed E-state index contributed by atoms with van der Waals surface area (Å²) in [6, 6.07) is 0. The van der Waals surface area contributed by atoms with E-state index in [9.17, 15) is 19.8 Å². The molecule has 28 heavy (non-hydrogen) atoms. The van der Waals surface area contributed by atoms with Crippen molar-refractivity contribution in [1.29, 1.82) is 0 Å². The van der Waals surface area contributed by atoms with Gasteiger partial charge in [-0.1, -0.05) is 41.5 Å². The summed E-state index contributed by atoms with van der Waals surface area (Å²) >= 11 is 0. The molecule has 3 rings (SSSR count). The Morgan fingerprint density at radius 1 is 0.714 bits per heavy atom. The standard InChI is InChI=1S/C20H30N4O4/c1-19(2,3)15-11(17(27)23(7)21-15)9-13(25)10(14(9)26)12-16(20(4,5)6)22-24(8)18(12)28/h9-10,13-14,21-22H,1-8H3/q-2. The lowest BCUT2D eigenvalue weighted by molar-refractivity contribution is -0.536. The predicted octanol–water partition coefficient (Wildman–Crippen LogP) is -0.326. The molecule has 8 heteroatoms. The monoisotopic (exact) mass is 390 g/mol. The quantitative estimate of drug-likeness (QED) is 0.729. The van der Waals surface area contributed by atoms with E-state index in [1.165, 1.54) is 9.36 Å². The highest BCUT2D eigenvalue weighted by atomic mass is 16.3. The first-order valence-corrected chi connectivity index (χ1v) is 9.58. The smallest absolute Gasteiger partial charge is 0.269 e. The average Bonchev–Trinajstić information content (AvgIpc) is 3.00. The summed E-state index contributed by atoms with van der Waals surface area (Å²) in [5.41, 5.74) is 0.265. The van der Waals surface area contributed by atoms with Crippen LogP contribution >= 0.6 is 0 Å². The first-order chi connectivity index (χ1) is 12.7. The minimum Gasteiger partial charge on any atom is -0.851 e. The van der Waals surface area contributed by atoms with Gasteiger partial charge in [0.25, 0.3) is 11.1 Å². The second kappa shape index (κ2) is 6.22. The van der Waals surface area contributed by atoms with Gasteiger partial charge in [0.1, 0.15) is 0 Å². The van der Waals surface area contributed by atoms with Crippen molar-refractivity contribution >= 4 is 0 Å². The molecule has 0 bridgehead atoms. The highest BCUT2D eigenvalue weighted by Gasteiger charge is 2.46. The lowest BCUT2D eigenvalue weighted by Crippen LogP contribution is -2.65. The average molecular weight is 390 g/mol. The largest absolute Gasteiger partial charge is 0.851 e. The van der Waals surface area contributed by atoms with Gasteiger partial charge >= 0.3 is 0 Å². The number of hydrogen-bond donors (Lipinski definition) is 2. The molecular formula is C20H30N4O4-2. The highest BCUT2D eigenvalue weighted by molar-refractivity contribution is 5.40. The number of nitrogens with one attached hydrogen (secondary N) is 2. The molecule has 8 nitrogen and oxygen atoms in total. The second-order valence-corrected chi connectivity index (χ2v) is 10.0. The van der Waals surface area contributed by atoms with Crippen molar-refractivity contribution in [3.8, 4) is 0 Å². The summed E-state index contributed by atoms with van der Waals surface area (Å²) in [7, 11) is 3.16. The van der Waals surface area contributed by atoms with Crippen LogP contribution in [0.4, 0.5) is 0 Å². The molecule has 2 aromatic heterocycles. The van der Waals surface area contributed by atoms with Gasteiger partial charge in [-0.15, -0.1) is 12.2 Å². The molecule has 0 radical (unpaired) electrons. The van der Waals surface area contributed by atoms with Crippen LogP contribution in [0.25, 0.3) is 0 Å². The van der Waals surface area contributed by atoms with Gasteiger partial charge in [-0.3, -0.25) is 29.2 Å². The number of nitrogens with zero attached hydrogens (tertiary/aromatic N) is 2. The maximum Gasteiger partial charge on any atom is 0.269 e. The summed E-state index contributed by atoms with van der Waals surface area (Å²) in [5.74, 6) is -1.92. The molecule has 1 saturated carbocycles. The van der Waals surface area contributed by atoms with Crippen LogP contribution in [0, 0.1) is 0 Å². The van der Waals surface area contributed by atoms with Crippen molar-refractivity contribution in [3.63, 3.8) is 0 Å². The lowest BCUT2D eigenvalue weighted by atomic mass is 9.61. The molecule has 1 aliphatic carbocycles. The van der Waals surface area contributed by atoms with Crippen molar-refractivity contribution in [2.45, 2.75) is 76.4 Å². The second-order valence-electron chi connectivity index (χ2n) is 10.0. The Kier molecular flexibility index (Phi) is 4.59. The van der Waals surface area contributed by atoms with Crippen molar-refractivity contribution in [2.75, 3.05) is 0 Å². The van der Waals surface area contributed by atoms with Gasteiger partial charge in [-0.05, 0) is 11.8 Å². The third-order valence-corrected chi connectivity index (χ3v) is 5.75. The van der Waals surface area contributed by atoms with Gasteiger partial charge < -0.3 is 10.2 Å². The Labute approximate surface area is 164 Å². The topological polar surface area (TPSA) is 122 Å². The SMILES string of the molecule is Cn1[nH]c(C(C)(C)C)c(C2C([O-])C(c3c(C(C)(C)C)[nH]n(C)c3=O)C2[O-])c1=O. The van der Waals surface area contributed by atoms with Crippen LogP contribution in [0.1, 0.15) is 75.9 Å². The van der Waals surface area contributed by atoms with E-state index in [0.717, 1.165) is 0 Å². The van der Waals surface area contributed by atoms with Crippen LogP contribution in [0.15, 0.2) is 9.59 Å². The zero-order valence-corrected chi connectivity index (χ0v) is 17.8. The van der Waals surface area contributed by atoms with Crippen LogP contribution in [0.5, 0.6) is 0 Å². The molecule has 2 N–H and O–H groups in total. The fourth-order valence-corrected chi connectivity index (χ4v) is 4.23. The van der Waals surface area contributed by atoms with Crippen LogP contribution in [0.2, 0.25) is 0 Å². The molecule has 0 atom stereocenters. The van der Waals surface area contributed by atoms with E-state index < -0.39 is 34.9 Å². The molecule has 0 aliphatic heterocycles. The van der Waals surface area contributed by atoms with Crippen LogP contribution in [-0.4, -0.2) is 31.8 Å². The maximum atomic E-state index is 13.2. The minimum absolute atomic E-state index is 0.274. The Balaban J connectivity index is 2.10. The fourth-order valence-electron chi connectivity index (χ4n) is 4.23. The van der Waals surface area contributed by atoms with E-state index in [0.29, 0.717) is 11.4 Å². The van der Waals surface area contributed by atoms with E-state index in [-0.39, 0.29) is 22.2 Å². The first-order valence-electron chi connectivity index (χ1n) is 9.58. The molecule has 0 spiro atoms. The van der Waals surface area contributed by atoms with Gasteiger partial charge in [0.05, 0.1) is 0 Å². The highest BCUT2D eigenvalue weighted by Crippen LogP contribution is 2.47. The van der Waals surface area contributed by atoms with Crippen LogP contribution in [0.3, 0.4) is 0 Å². The molecule has 1 fully saturated rings. The van der Waals surface area contributed by atoms with Crippen LogP contribution in [-0.2, 0) is 24.9 Å². The third kappa shape index (κ3) is 2.90. The van der Waals surface area contributed by atoms with E-state index in [4.69, 9.17) is 0 Å². The van der Waals surface area contributed by atoms with Crippen molar-refractivity contribution in [3.05, 3.63) is 43.2 Å². The van der Waals surface area contributed by atoms with E-state index in [1.807, 2.05) is 41.5 Å². The van der Waals surface area contributed by atoms with Gasteiger partial charge in [0, 0.05) is 47.4 Å². The summed E-state index contributed by atoms with van der Waals surface area (Å²) in [5, 5.41) is 32.4. The third-order valence-electron chi connectivity index (χ3n) is 5.75. The lowest BCUT2D eigenvalue weighted by Gasteiger charge is -2.61. The van der Waals surface area contributed by atoms with E-state index in [1.54, 1.807) is 14.1 Å². The Hall–Kier alpha value is -2.06. The molecular weight excluding hydrogens is 360 g/mol. The van der Waals surface area contributed by atoms with Crippen LogP contribution < -0.4 is 21.3 Å². The van der Waals surface area contributed by atoms with Gasteiger partial charge in [0.2, 0.25) is 0 Å². The Morgan fingerprint density at radius 2 is 1.00 bits per heavy atom. The normalized spacial score (nSPS) is 25.8. The van der Waals surface area contributed by atoms with Gasteiger partial charge in [-0.2, -0.15) is 0 Å². The van der Waals surface area contributed by atoms with E-state index in [2.05, 4.69) is 10.2 Å². The number of aryl methyl sites for hydroxylation is 2. The summed E-state index contributed by atoms with van der Waals surface area (Å²) in [6.07, 6.45) is -2.67. The predicted molar refractivity (Wildman–Crippen MR) is 103 cm³/mol. The van der Waals surface area contributed by atoms with Gasteiger partial charge in [0.15, 0.2) is 0 Å². The number of rotatable bonds is 2. The summed E-state index contributed by atoms with van der Waals surface area (Å²) in [4.78, 5) is 25.4. The van der Waals surface area contributed by atoms with Crippen molar-refractivity contribution < 1.29 is 10.2 Å². The minimum atomic E-state index is -1.34. The van der Waals surface area contributed by atoms with Gasteiger partial charge in [-0.25, -0.2) is 0 Å². The molecule has 1 aliphatic rings. The molecule has 0 saturated heterocycles. The number of aromatic nitrogens is 4. The van der Waals surface area contributed by atoms with Crippen molar-refractivity contribution in [2.24, 2.45) is 14.1 Å².